The highest BCUT2D eigenvalue weighted by Gasteiger charge is 2.44. The number of amides is 1. The van der Waals surface area contributed by atoms with Crippen molar-refractivity contribution in [3.63, 3.8) is 0 Å². The lowest BCUT2D eigenvalue weighted by atomic mass is 9.99. The van der Waals surface area contributed by atoms with E-state index < -0.39 is 49.5 Å². The molecule has 1 aliphatic heterocycles. The zero-order valence-corrected chi connectivity index (χ0v) is 44.1. The van der Waals surface area contributed by atoms with Gasteiger partial charge in [0.15, 0.2) is 6.29 Å². The molecule has 1 fully saturated rings. The zero-order chi connectivity index (χ0) is 49.4. The maximum Gasteiger partial charge on any atom is 0.220 e. The van der Waals surface area contributed by atoms with Crippen LogP contribution in [0, 0.1) is 0 Å². The van der Waals surface area contributed by atoms with Crippen LogP contribution < -0.4 is 5.32 Å². The molecule has 1 amide bonds. The number of hydrogen-bond donors (Lipinski definition) is 6. The molecule has 398 valence electrons. The molecule has 1 heterocycles. The van der Waals surface area contributed by atoms with Gasteiger partial charge in [0.05, 0.1) is 25.4 Å². The lowest BCUT2D eigenvalue weighted by molar-refractivity contribution is -0.302. The second-order valence-corrected chi connectivity index (χ2v) is 20.1. The van der Waals surface area contributed by atoms with Gasteiger partial charge in [-0.2, -0.15) is 0 Å². The summed E-state index contributed by atoms with van der Waals surface area (Å²) in [6.45, 7) is 3.75. The number of hydrogen-bond acceptors (Lipinski definition) is 8. The molecule has 0 aromatic heterocycles. The molecule has 0 radical (unpaired) electrons. The Morgan fingerprint density at radius 1 is 0.485 bits per heavy atom. The third-order valence-corrected chi connectivity index (χ3v) is 13.6. The molecular formula is C59H109NO8. The van der Waals surface area contributed by atoms with Crippen LogP contribution in [0.25, 0.3) is 0 Å². The zero-order valence-electron chi connectivity index (χ0n) is 44.1. The first kappa shape index (κ1) is 64.2. The Bertz CT molecular complexity index is 1210. The monoisotopic (exact) mass is 960 g/mol. The van der Waals surface area contributed by atoms with Crippen molar-refractivity contribution in [1.82, 2.24) is 5.32 Å². The van der Waals surface area contributed by atoms with Gasteiger partial charge in [-0.1, -0.05) is 236 Å². The van der Waals surface area contributed by atoms with Crippen LogP contribution in [0.15, 0.2) is 48.6 Å². The molecule has 1 aliphatic rings. The topological polar surface area (TPSA) is 149 Å². The molecular weight excluding hydrogens is 851 g/mol. The normalized spacial score (nSPS) is 19.9. The maximum absolute atomic E-state index is 13.0. The van der Waals surface area contributed by atoms with E-state index in [-0.39, 0.29) is 12.5 Å². The van der Waals surface area contributed by atoms with Crippen molar-refractivity contribution in [3.05, 3.63) is 48.6 Å². The van der Waals surface area contributed by atoms with Gasteiger partial charge in [-0.15, -0.1) is 0 Å². The van der Waals surface area contributed by atoms with Crippen LogP contribution in [0.2, 0.25) is 0 Å². The van der Waals surface area contributed by atoms with Crippen molar-refractivity contribution in [2.75, 3.05) is 13.2 Å². The highest BCUT2D eigenvalue weighted by molar-refractivity contribution is 5.76. The van der Waals surface area contributed by atoms with Gasteiger partial charge < -0.3 is 40.3 Å². The molecule has 7 atom stereocenters. The van der Waals surface area contributed by atoms with Crippen molar-refractivity contribution in [3.8, 4) is 0 Å². The number of unbranched alkanes of at least 4 members (excludes halogenated alkanes) is 33. The van der Waals surface area contributed by atoms with Crippen molar-refractivity contribution in [2.45, 2.75) is 307 Å². The van der Waals surface area contributed by atoms with Gasteiger partial charge in [-0.3, -0.25) is 4.79 Å². The number of ether oxygens (including phenoxy) is 2. The van der Waals surface area contributed by atoms with Crippen LogP contribution in [0.5, 0.6) is 0 Å². The Labute approximate surface area is 418 Å². The van der Waals surface area contributed by atoms with E-state index in [4.69, 9.17) is 9.47 Å². The summed E-state index contributed by atoms with van der Waals surface area (Å²) in [5.74, 6) is -0.200. The first-order valence-electron chi connectivity index (χ1n) is 28.9. The third-order valence-electron chi connectivity index (χ3n) is 13.6. The summed E-state index contributed by atoms with van der Waals surface area (Å²) in [5, 5.41) is 54.3. The Balaban J connectivity index is 2.19. The van der Waals surface area contributed by atoms with E-state index in [0.29, 0.717) is 6.42 Å². The maximum atomic E-state index is 13.0. The summed E-state index contributed by atoms with van der Waals surface area (Å²) in [6, 6.07) is -0.833. The second-order valence-electron chi connectivity index (χ2n) is 20.1. The molecule has 1 rings (SSSR count). The number of rotatable bonds is 49. The number of aliphatic hydroxyl groups is 5. The summed E-state index contributed by atoms with van der Waals surface area (Å²) in [7, 11) is 0. The minimum absolute atomic E-state index is 0.200. The Morgan fingerprint density at radius 2 is 0.838 bits per heavy atom. The van der Waals surface area contributed by atoms with Crippen LogP contribution in [0.4, 0.5) is 0 Å². The molecule has 9 heteroatoms. The minimum Gasteiger partial charge on any atom is -0.394 e. The van der Waals surface area contributed by atoms with E-state index in [1.165, 1.54) is 180 Å². The average molecular weight is 961 g/mol. The number of aliphatic hydroxyl groups excluding tert-OH is 5. The lowest BCUT2D eigenvalue weighted by Crippen LogP contribution is -2.60. The van der Waals surface area contributed by atoms with Gasteiger partial charge >= 0.3 is 0 Å². The number of carbonyl (C=O) groups is 1. The van der Waals surface area contributed by atoms with Crippen molar-refractivity contribution in [2.24, 2.45) is 0 Å². The highest BCUT2D eigenvalue weighted by atomic mass is 16.7. The van der Waals surface area contributed by atoms with Gasteiger partial charge in [0.1, 0.15) is 24.4 Å². The molecule has 1 saturated heterocycles. The molecule has 0 saturated carbocycles. The lowest BCUT2D eigenvalue weighted by Gasteiger charge is -2.40. The fourth-order valence-corrected chi connectivity index (χ4v) is 9.01. The first-order chi connectivity index (χ1) is 33.3. The van der Waals surface area contributed by atoms with Crippen LogP contribution in [0.3, 0.4) is 0 Å². The van der Waals surface area contributed by atoms with E-state index >= 15 is 0 Å². The van der Waals surface area contributed by atoms with E-state index in [9.17, 15) is 30.3 Å². The first-order valence-corrected chi connectivity index (χ1v) is 28.9. The summed E-state index contributed by atoms with van der Waals surface area (Å²) in [6.07, 6.45) is 57.7. The van der Waals surface area contributed by atoms with Crippen LogP contribution >= 0.6 is 0 Å². The standard InChI is InChI=1S/C59H109NO8/c1-3-5-7-9-11-13-15-17-18-19-20-21-22-23-24-25-26-27-28-29-30-31-32-33-34-35-37-38-40-42-44-46-48-53(62)52(51-67-59-58(66)57(65)56(64)54(50-61)68-59)60-55(63)49-47-45-43-41-39-36-16-14-12-10-8-6-4-2/h14,16,33-34,38,40,46,48,52-54,56-59,61-62,64-66H,3-13,15,17-32,35-37,39,41-45,47,49-51H2,1-2H3,(H,60,63)/b16-14-,34-33+,40-38+,48-46+. The largest absolute Gasteiger partial charge is 0.394 e. The molecule has 68 heavy (non-hydrogen) atoms. The highest BCUT2D eigenvalue weighted by Crippen LogP contribution is 2.23. The van der Waals surface area contributed by atoms with Crippen LogP contribution in [-0.2, 0) is 14.3 Å². The quantitative estimate of drug-likeness (QED) is 0.0261. The molecule has 0 spiro atoms. The molecule has 6 N–H and O–H groups in total. The van der Waals surface area contributed by atoms with Crippen LogP contribution in [0.1, 0.15) is 264 Å². The fraction of sp³-hybridized carbons (Fsp3) is 0.847. The molecule has 9 nitrogen and oxygen atoms in total. The van der Waals surface area contributed by atoms with E-state index in [0.717, 1.165) is 64.2 Å². The van der Waals surface area contributed by atoms with Gasteiger partial charge in [-0.05, 0) is 70.6 Å². The number of nitrogens with one attached hydrogen (secondary N) is 1. The van der Waals surface area contributed by atoms with E-state index in [2.05, 4.69) is 55.6 Å². The molecule has 0 aromatic carbocycles. The molecule has 0 aromatic rings. The van der Waals surface area contributed by atoms with E-state index in [1.54, 1.807) is 6.08 Å². The summed E-state index contributed by atoms with van der Waals surface area (Å²) in [5.41, 5.74) is 0. The predicted octanol–water partition coefficient (Wildman–Crippen LogP) is 14.1. The van der Waals surface area contributed by atoms with Crippen molar-refractivity contribution in [1.29, 1.82) is 0 Å². The van der Waals surface area contributed by atoms with Gasteiger partial charge in [-0.25, -0.2) is 0 Å². The molecule has 0 bridgehead atoms. The average Bonchev–Trinajstić information content (AvgIpc) is 3.34. The van der Waals surface area contributed by atoms with Crippen molar-refractivity contribution < 1.29 is 39.8 Å². The van der Waals surface area contributed by atoms with Gasteiger partial charge in [0.25, 0.3) is 0 Å². The molecule has 7 unspecified atom stereocenters. The Hall–Kier alpha value is -1.85. The van der Waals surface area contributed by atoms with E-state index in [1.807, 2.05) is 6.08 Å². The van der Waals surface area contributed by atoms with Gasteiger partial charge in [0.2, 0.25) is 5.91 Å². The summed E-state index contributed by atoms with van der Waals surface area (Å²) >= 11 is 0. The minimum atomic E-state index is -1.58. The van der Waals surface area contributed by atoms with Crippen molar-refractivity contribution >= 4 is 5.91 Å². The Morgan fingerprint density at radius 3 is 1.25 bits per heavy atom. The number of allylic oxidation sites excluding steroid dienone is 7. The smallest absolute Gasteiger partial charge is 0.220 e. The summed E-state index contributed by atoms with van der Waals surface area (Å²) < 4.78 is 11.2. The predicted molar refractivity (Wildman–Crippen MR) is 286 cm³/mol. The van der Waals surface area contributed by atoms with Crippen LogP contribution in [-0.4, -0.2) is 87.5 Å². The Kier molecular flexibility index (Phi) is 46.0. The SMILES string of the molecule is CCCCCC/C=C\CCCCCCCC(=O)NC(COC1OC(CO)C(O)C(O)C1O)C(O)/C=C/CC/C=C/CC/C=C/CCCCCCCCCCCCCCCCCCCCCCCC. The third kappa shape index (κ3) is 37.9. The number of carbonyl (C=O) groups excluding carboxylic acids is 1. The summed E-state index contributed by atoms with van der Waals surface area (Å²) in [4.78, 5) is 13.0. The molecule has 0 aliphatic carbocycles. The second kappa shape index (κ2) is 48.8. The van der Waals surface area contributed by atoms with Gasteiger partial charge in [0, 0.05) is 6.42 Å². The fourth-order valence-electron chi connectivity index (χ4n) is 9.01.